The monoisotopic (exact) mass is 530 g/mol. The number of thiazole rings is 1. The molecule has 0 aliphatic heterocycles. The van der Waals surface area contributed by atoms with Gasteiger partial charge in [0.1, 0.15) is 17.3 Å². The number of hydroxylamine groups is 1. The van der Waals surface area contributed by atoms with Crippen molar-refractivity contribution in [1.29, 1.82) is 5.41 Å². The van der Waals surface area contributed by atoms with Crippen LogP contribution in [0.1, 0.15) is 40.3 Å². The first kappa shape index (κ1) is 27.3. The van der Waals surface area contributed by atoms with Gasteiger partial charge in [-0.15, -0.1) is 11.3 Å². The minimum absolute atomic E-state index is 0.0407. The Hall–Kier alpha value is -3.72. The van der Waals surface area contributed by atoms with Crippen LogP contribution in [0.4, 0.5) is 0 Å². The molecule has 3 aromatic carbocycles. The van der Waals surface area contributed by atoms with Gasteiger partial charge in [0.05, 0.1) is 23.9 Å². The lowest BCUT2D eigenvalue weighted by molar-refractivity contribution is 0.234. The fourth-order valence-electron chi connectivity index (χ4n) is 3.98. The summed E-state index contributed by atoms with van der Waals surface area (Å²) in [5.41, 5.74) is 5.85. The van der Waals surface area contributed by atoms with E-state index in [1.165, 1.54) is 10.4 Å². The molecule has 1 aromatic heterocycles. The van der Waals surface area contributed by atoms with Crippen LogP contribution in [0.3, 0.4) is 0 Å². The zero-order valence-corrected chi connectivity index (χ0v) is 22.4. The Kier molecular flexibility index (Phi) is 10.3. The lowest BCUT2D eigenvalue weighted by Crippen LogP contribution is -2.18. The Morgan fingerprint density at radius 3 is 2.11 bits per heavy atom. The van der Waals surface area contributed by atoms with Crippen LogP contribution in [0.5, 0.6) is 11.5 Å². The number of nitrogens with one attached hydrogen (secondary N) is 3. The molecule has 0 aliphatic rings. The number of amidine groups is 1. The van der Waals surface area contributed by atoms with Gasteiger partial charge in [-0.1, -0.05) is 30.3 Å². The average molecular weight is 531 g/mol. The molecule has 0 fully saturated rings. The second-order valence-electron chi connectivity index (χ2n) is 8.89. The summed E-state index contributed by atoms with van der Waals surface area (Å²) in [4.78, 5) is 6.02. The Balaban J connectivity index is 1.16. The normalized spacial score (nSPS) is 10.8. The number of benzene rings is 3. The minimum atomic E-state index is -0.0407. The molecule has 0 saturated carbocycles. The highest BCUT2D eigenvalue weighted by Crippen LogP contribution is 2.29. The van der Waals surface area contributed by atoms with E-state index in [0.29, 0.717) is 18.8 Å². The Bertz CT molecular complexity index is 1280. The van der Waals surface area contributed by atoms with Crippen molar-refractivity contribution >= 4 is 17.2 Å². The van der Waals surface area contributed by atoms with E-state index in [4.69, 9.17) is 25.1 Å². The van der Waals surface area contributed by atoms with Crippen LogP contribution in [0.15, 0.2) is 78.9 Å². The third-order valence-corrected chi connectivity index (χ3v) is 6.94. The number of nitrogens with zero attached hydrogens (tertiary/aromatic N) is 1. The zero-order valence-electron chi connectivity index (χ0n) is 21.6. The van der Waals surface area contributed by atoms with Gasteiger partial charge >= 0.3 is 0 Å². The number of rotatable bonds is 14. The molecular formula is C30H34N4O3S. The van der Waals surface area contributed by atoms with Crippen LogP contribution in [0.2, 0.25) is 0 Å². The molecule has 0 amide bonds. The van der Waals surface area contributed by atoms with E-state index in [-0.39, 0.29) is 5.84 Å². The van der Waals surface area contributed by atoms with Gasteiger partial charge in [-0.2, -0.15) is 0 Å². The highest BCUT2D eigenvalue weighted by atomic mass is 32.1. The number of ether oxygens (including phenoxy) is 2. The molecular weight excluding hydrogens is 496 g/mol. The fraction of sp³-hybridized carbons (Fsp3) is 0.267. The third kappa shape index (κ3) is 8.14. The molecule has 8 heteroatoms. The molecule has 0 atom stereocenters. The van der Waals surface area contributed by atoms with Gasteiger partial charge < -0.3 is 14.8 Å². The van der Waals surface area contributed by atoms with E-state index in [1.54, 1.807) is 35.6 Å². The fourth-order valence-corrected chi connectivity index (χ4v) is 4.91. The summed E-state index contributed by atoms with van der Waals surface area (Å²) in [6.45, 7) is 4.96. The van der Waals surface area contributed by atoms with Crippen LogP contribution in [0, 0.1) is 12.3 Å². The highest BCUT2D eigenvalue weighted by Gasteiger charge is 2.11. The highest BCUT2D eigenvalue weighted by molar-refractivity contribution is 7.12. The predicted molar refractivity (Wildman–Crippen MR) is 152 cm³/mol. The maximum absolute atomic E-state index is 8.78. The summed E-state index contributed by atoms with van der Waals surface area (Å²) >= 11 is 1.74. The van der Waals surface area contributed by atoms with Crippen LogP contribution < -0.4 is 20.3 Å². The van der Waals surface area contributed by atoms with Crippen molar-refractivity contribution < 1.29 is 14.7 Å². The van der Waals surface area contributed by atoms with Crippen molar-refractivity contribution in [2.75, 3.05) is 13.2 Å². The van der Waals surface area contributed by atoms with Crippen LogP contribution in [-0.2, 0) is 13.1 Å². The van der Waals surface area contributed by atoms with E-state index in [1.807, 2.05) is 23.7 Å². The van der Waals surface area contributed by atoms with E-state index in [0.717, 1.165) is 60.1 Å². The summed E-state index contributed by atoms with van der Waals surface area (Å²) in [5.74, 6) is 1.57. The number of unbranched alkanes of at least 4 members (excludes halogenated alkanes) is 2. The standard InChI is InChI=1S/C30H34N4O3S/c1-22-33-29(28(38-22)21-32-20-23-8-4-2-5-9-23)24-10-14-26(15-11-24)36-18-6-3-7-19-37-27-16-12-25(13-17-27)30(31)34-35/h2,4-5,8-17,32,35H,3,6-7,18-21H2,1H3,(H2,31,34). The summed E-state index contributed by atoms with van der Waals surface area (Å²) in [6.07, 6.45) is 2.89. The molecule has 4 aromatic rings. The molecule has 0 spiro atoms. The second-order valence-corrected chi connectivity index (χ2v) is 10.2. The summed E-state index contributed by atoms with van der Waals surface area (Å²) in [5, 5.41) is 20.9. The number of aromatic nitrogens is 1. The lowest BCUT2D eigenvalue weighted by atomic mass is 10.1. The van der Waals surface area contributed by atoms with Crippen molar-refractivity contribution in [2.45, 2.75) is 39.3 Å². The van der Waals surface area contributed by atoms with Crippen molar-refractivity contribution in [2.24, 2.45) is 0 Å². The topological polar surface area (TPSA) is 99.5 Å². The van der Waals surface area contributed by atoms with Gasteiger partial charge in [-0.25, -0.2) is 4.98 Å². The van der Waals surface area contributed by atoms with Gasteiger partial charge in [-0.3, -0.25) is 16.1 Å². The first-order valence-electron chi connectivity index (χ1n) is 12.8. The van der Waals surface area contributed by atoms with Gasteiger partial charge in [0.15, 0.2) is 0 Å². The van der Waals surface area contributed by atoms with Crippen LogP contribution in [-0.4, -0.2) is 29.2 Å². The van der Waals surface area contributed by atoms with Crippen molar-refractivity contribution in [3.63, 3.8) is 0 Å². The first-order valence-corrected chi connectivity index (χ1v) is 13.6. The minimum Gasteiger partial charge on any atom is -0.494 e. The molecule has 4 rings (SSSR count). The maximum atomic E-state index is 8.78. The van der Waals surface area contributed by atoms with E-state index < -0.39 is 0 Å². The number of hydrogen-bond acceptors (Lipinski definition) is 7. The Labute approximate surface area is 228 Å². The average Bonchev–Trinajstić information content (AvgIpc) is 3.33. The molecule has 0 saturated heterocycles. The van der Waals surface area contributed by atoms with Crippen LogP contribution in [0.25, 0.3) is 11.3 Å². The van der Waals surface area contributed by atoms with Gasteiger partial charge in [-0.05, 0) is 80.3 Å². The number of hydrogen-bond donors (Lipinski definition) is 4. The van der Waals surface area contributed by atoms with Gasteiger partial charge in [0, 0.05) is 29.1 Å². The largest absolute Gasteiger partial charge is 0.494 e. The molecule has 198 valence electrons. The molecule has 0 unspecified atom stereocenters. The van der Waals surface area contributed by atoms with E-state index >= 15 is 0 Å². The van der Waals surface area contributed by atoms with Gasteiger partial charge in [0.25, 0.3) is 0 Å². The molecule has 4 N–H and O–H groups in total. The molecule has 7 nitrogen and oxygen atoms in total. The SMILES string of the molecule is Cc1nc(-c2ccc(OCCCCCOc3ccc(C(=N)NO)cc3)cc2)c(CNCc2ccccc2)s1. The Morgan fingerprint density at radius 2 is 1.47 bits per heavy atom. The summed E-state index contributed by atoms with van der Waals surface area (Å²) < 4.78 is 11.7. The summed E-state index contributed by atoms with van der Waals surface area (Å²) in [7, 11) is 0. The van der Waals surface area contributed by atoms with Gasteiger partial charge in [0.2, 0.25) is 0 Å². The quantitative estimate of drug-likeness (QED) is 0.0657. The van der Waals surface area contributed by atoms with E-state index in [9.17, 15) is 0 Å². The molecule has 38 heavy (non-hydrogen) atoms. The van der Waals surface area contributed by atoms with Crippen molar-refractivity contribution in [1.82, 2.24) is 15.8 Å². The molecule has 1 heterocycles. The lowest BCUT2D eigenvalue weighted by Gasteiger charge is -2.09. The Morgan fingerprint density at radius 1 is 0.842 bits per heavy atom. The van der Waals surface area contributed by atoms with Crippen molar-refractivity contribution in [3.8, 4) is 22.8 Å². The van der Waals surface area contributed by atoms with E-state index in [2.05, 4.69) is 48.6 Å². The molecule has 0 aliphatic carbocycles. The second kappa shape index (κ2) is 14.3. The smallest absolute Gasteiger partial charge is 0.149 e. The number of aryl methyl sites for hydroxylation is 1. The third-order valence-electron chi connectivity index (χ3n) is 5.97. The first-order chi connectivity index (χ1) is 18.6. The summed E-state index contributed by atoms with van der Waals surface area (Å²) in [6, 6.07) is 25.7. The maximum Gasteiger partial charge on any atom is 0.149 e. The molecule has 0 bridgehead atoms. The predicted octanol–water partition coefficient (Wildman–Crippen LogP) is 6.34. The van der Waals surface area contributed by atoms with Crippen LogP contribution >= 0.6 is 11.3 Å². The molecule has 0 radical (unpaired) electrons. The zero-order chi connectivity index (χ0) is 26.6. The van der Waals surface area contributed by atoms with Crippen molar-refractivity contribution in [3.05, 3.63) is 99.9 Å².